The number of carbonyl (C=O) groups is 2. The topological polar surface area (TPSA) is 97.0 Å². The fraction of sp³-hybridized carbons (Fsp3) is 0.0909. The van der Waals surface area contributed by atoms with Gasteiger partial charge in [-0.1, -0.05) is 0 Å². The summed E-state index contributed by atoms with van der Waals surface area (Å²) in [6.45, 7) is 0. The Morgan fingerprint density at radius 2 is 2.21 bits per heavy atom. The lowest BCUT2D eigenvalue weighted by molar-refractivity contribution is 0.0602. The van der Waals surface area contributed by atoms with Crippen molar-refractivity contribution in [2.75, 3.05) is 12.4 Å². The zero-order valence-corrected chi connectivity index (χ0v) is 9.81. The number of halogens is 1. The van der Waals surface area contributed by atoms with Crippen molar-refractivity contribution >= 4 is 17.6 Å². The van der Waals surface area contributed by atoms with Crippen LogP contribution in [-0.4, -0.2) is 34.4 Å². The third kappa shape index (κ3) is 2.73. The van der Waals surface area contributed by atoms with Crippen molar-refractivity contribution in [1.29, 1.82) is 0 Å². The number of ether oxygens (including phenoxy) is 1. The summed E-state index contributed by atoms with van der Waals surface area (Å²) in [4.78, 5) is 23.2. The summed E-state index contributed by atoms with van der Waals surface area (Å²) in [6, 6.07) is 3.34. The molecule has 1 amide bonds. The van der Waals surface area contributed by atoms with Crippen LogP contribution in [0.15, 0.2) is 24.4 Å². The van der Waals surface area contributed by atoms with Crippen molar-refractivity contribution in [3.8, 4) is 0 Å². The maximum absolute atomic E-state index is 13.2. The number of amides is 1. The Hall–Kier alpha value is -2.77. The quantitative estimate of drug-likeness (QED) is 0.805. The van der Waals surface area contributed by atoms with Gasteiger partial charge < -0.3 is 10.1 Å². The minimum atomic E-state index is -0.685. The van der Waals surface area contributed by atoms with Gasteiger partial charge >= 0.3 is 5.97 Å². The number of benzene rings is 1. The number of nitrogens with one attached hydrogen (secondary N) is 2. The SMILES string of the molecule is COC(=O)c1ccc(F)cc1NC(=O)c1cn[nH]n1. The third-order valence-electron chi connectivity index (χ3n) is 2.28. The summed E-state index contributed by atoms with van der Waals surface area (Å²) >= 11 is 0. The molecule has 1 heterocycles. The van der Waals surface area contributed by atoms with Crippen molar-refractivity contribution in [1.82, 2.24) is 15.4 Å². The number of nitrogens with zero attached hydrogens (tertiary/aromatic N) is 2. The molecular weight excluding hydrogens is 255 g/mol. The van der Waals surface area contributed by atoms with E-state index < -0.39 is 17.7 Å². The monoisotopic (exact) mass is 264 g/mol. The molecule has 7 nitrogen and oxygen atoms in total. The van der Waals surface area contributed by atoms with Gasteiger partial charge in [-0.2, -0.15) is 15.4 Å². The Morgan fingerprint density at radius 1 is 1.42 bits per heavy atom. The summed E-state index contributed by atoms with van der Waals surface area (Å²) in [7, 11) is 1.19. The Kier molecular flexibility index (Phi) is 3.51. The summed E-state index contributed by atoms with van der Waals surface area (Å²) in [5.41, 5.74) is 0.0562. The van der Waals surface area contributed by atoms with Gasteiger partial charge in [0.05, 0.1) is 24.6 Å². The van der Waals surface area contributed by atoms with E-state index >= 15 is 0 Å². The first kappa shape index (κ1) is 12.7. The molecule has 0 unspecified atom stereocenters. The number of esters is 1. The molecule has 2 N–H and O–H groups in total. The molecule has 0 aliphatic heterocycles. The number of H-pyrrole nitrogens is 1. The number of hydrogen-bond donors (Lipinski definition) is 2. The lowest BCUT2D eigenvalue weighted by Crippen LogP contribution is -2.16. The fourth-order valence-electron chi connectivity index (χ4n) is 1.41. The molecule has 8 heteroatoms. The van der Waals surface area contributed by atoms with E-state index in [4.69, 9.17) is 0 Å². The van der Waals surface area contributed by atoms with E-state index in [9.17, 15) is 14.0 Å². The molecule has 98 valence electrons. The van der Waals surface area contributed by atoms with E-state index in [1.165, 1.54) is 19.4 Å². The van der Waals surface area contributed by atoms with Crippen molar-refractivity contribution < 1.29 is 18.7 Å². The van der Waals surface area contributed by atoms with Crippen molar-refractivity contribution in [2.24, 2.45) is 0 Å². The average Bonchev–Trinajstić information content (AvgIpc) is 2.92. The Labute approximate surface area is 106 Å². The van der Waals surface area contributed by atoms with E-state index in [1.807, 2.05) is 0 Å². The number of anilines is 1. The number of aromatic amines is 1. The molecule has 2 aromatic rings. The molecule has 2 rings (SSSR count). The zero-order valence-electron chi connectivity index (χ0n) is 9.81. The van der Waals surface area contributed by atoms with Crippen LogP contribution in [0.25, 0.3) is 0 Å². The summed E-state index contributed by atoms with van der Waals surface area (Å²) in [5.74, 6) is -1.90. The summed E-state index contributed by atoms with van der Waals surface area (Å²) in [5, 5.41) is 11.7. The highest BCUT2D eigenvalue weighted by Crippen LogP contribution is 2.18. The predicted molar refractivity (Wildman–Crippen MR) is 62.1 cm³/mol. The number of hydrogen-bond acceptors (Lipinski definition) is 5. The van der Waals surface area contributed by atoms with E-state index in [-0.39, 0.29) is 16.9 Å². The summed E-state index contributed by atoms with van der Waals surface area (Å²) in [6.07, 6.45) is 1.20. The van der Waals surface area contributed by atoms with Gasteiger partial charge in [0.1, 0.15) is 5.82 Å². The van der Waals surface area contributed by atoms with E-state index in [0.29, 0.717) is 0 Å². The lowest BCUT2D eigenvalue weighted by atomic mass is 10.1. The van der Waals surface area contributed by atoms with Crippen LogP contribution >= 0.6 is 0 Å². The highest BCUT2D eigenvalue weighted by molar-refractivity contribution is 6.06. The molecule has 0 bridgehead atoms. The average molecular weight is 264 g/mol. The molecule has 1 aromatic carbocycles. The molecule has 0 atom stereocenters. The second-order valence-electron chi connectivity index (χ2n) is 3.49. The summed E-state index contributed by atoms with van der Waals surface area (Å²) < 4.78 is 17.7. The van der Waals surface area contributed by atoms with Gasteiger partial charge in [-0.3, -0.25) is 4.79 Å². The van der Waals surface area contributed by atoms with E-state index in [0.717, 1.165) is 12.1 Å². The molecule has 0 aliphatic carbocycles. The van der Waals surface area contributed by atoms with Crippen molar-refractivity contribution in [3.05, 3.63) is 41.5 Å². The minimum Gasteiger partial charge on any atom is -0.465 e. The second-order valence-corrected chi connectivity index (χ2v) is 3.49. The fourth-order valence-corrected chi connectivity index (χ4v) is 1.41. The number of methoxy groups -OCH3 is 1. The minimum absolute atomic E-state index is 0.000139. The Balaban J connectivity index is 2.31. The Morgan fingerprint density at radius 3 is 2.84 bits per heavy atom. The molecule has 0 radical (unpaired) electrons. The second kappa shape index (κ2) is 5.25. The van der Waals surface area contributed by atoms with Crippen LogP contribution in [0.2, 0.25) is 0 Å². The van der Waals surface area contributed by atoms with Crippen LogP contribution in [0.3, 0.4) is 0 Å². The number of rotatable bonds is 3. The van der Waals surface area contributed by atoms with Crippen molar-refractivity contribution in [3.63, 3.8) is 0 Å². The van der Waals surface area contributed by atoms with Gasteiger partial charge in [-0.15, -0.1) is 0 Å². The van der Waals surface area contributed by atoms with Crippen LogP contribution in [-0.2, 0) is 4.74 Å². The first-order chi connectivity index (χ1) is 9.11. The van der Waals surface area contributed by atoms with Gasteiger partial charge in [0.15, 0.2) is 5.69 Å². The molecule has 0 spiro atoms. The molecule has 0 aliphatic rings. The highest BCUT2D eigenvalue weighted by atomic mass is 19.1. The van der Waals surface area contributed by atoms with Gasteiger partial charge in [0.25, 0.3) is 5.91 Å². The van der Waals surface area contributed by atoms with E-state index in [1.54, 1.807) is 0 Å². The molecule has 1 aromatic heterocycles. The van der Waals surface area contributed by atoms with Crippen LogP contribution in [0.5, 0.6) is 0 Å². The standard InChI is InChI=1S/C11H9FN4O3/c1-19-11(18)7-3-2-6(12)4-8(7)14-10(17)9-5-13-16-15-9/h2-5H,1H3,(H,14,17)(H,13,15,16). The van der Waals surface area contributed by atoms with Gasteiger partial charge in [-0.05, 0) is 18.2 Å². The largest absolute Gasteiger partial charge is 0.465 e. The van der Waals surface area contributed by atoms with Crippen LogP contribution in [0, 0.1) is 5.82 Å². The third-order valence-corrected chi connectivity index (χ3v) is 2.28. The molecule has 0 fully saturated rings. The van der Waals surface area contributed by atoms with Gasteiger partial charge in [-0.25, -0.2) is 9.18 Å². The van der Waals surface area contributed by atoms with Gasteiger partial charge in [0, 0.05) is 0 Å². The normalized spacial score (nSPS) is 10.0. The van der Waals surface area contributed by atoms with E-state index in [2.05, 4.69) is 25.5 Å². The van der Waals surface area contributed by atoms with Crippen LogP contribution in [0.4, 0.5) is 10.1 Å². The highest BCUT2D eigenvalue weighted by Gasteiger charge is 2.16. The molecular formula is C11H9FN4O3. The number of carbonyl (C=O) groups excluding carboxylic acids is 2. The first-order valence-corrected chi connectivity index (χ1v) is 5.17. The maximum Gasteiger partial charge on any atom is 0.339 e. The Bertz CT molecular complexity index is 612. The molecule has 0 saturated heterocycles. The number of aromatic nitrogens is 3. The van der Waals surface area contributed by atoms with Crippen LogP contribution < -0.4 is 5.32 Å². The maximum atomic E-state index is 13.2. The molecule has 0 saturated carbocycles. The first-order valence-electron chi connectivity index (χ1n) is 5.17. The smallest absolute Gasteiger partial charge is 0.339 e. The molecule has 19 heavy (non-hydrogen) atoms. The predicted octanol–water partition coefficient (Wildman–Crippen LogP) is 0.983. The van der Waals surface area contributed by atoms with Crippen LogP contribution in [0.1, 0.15) is 20.8 Å². The zero-order chi connectivity index (χ0) is 13.8. The van der Waals surface area contributed by atoms with Crippen molar-refractivity contribution in [2.45, 2.75) is 0 Å². The lowest BCUT2D eigenvalue weighted by Gasteiger charge is -2.08. The van der Waals surface area contributed by atoms with Gasteiger partial charge in [0.2, 0.25) is 0 Å².